The van der Waals surface area contributed by atoms with Crippen molar-refractivity contribution in [3.05, 3.63) is 0 Å². The first kappa shape index (κ1) is 27.4. The first-order valence-corrected chi connectivity index (χ1v) is 16.5. The molecule has 5 aliphatic carbocycles. The molecule has 3 heteroatoms. The third-order valence-electron chi connectivity index (χ3n) is 12.5. The summed E-state index contributed by atoms with van der Waals surface area (Å²) in [4.78, 5) is 0. The van der Waals surface area contributed by atoms with Crippen LogP contribution in [0.15, 0.2) is 0 Å². The average molecular weight is 503 g/mol. The fourth-order valence-corrected chi connectivity index (χ4v) is 10.6. The van der Waals surface area contributed by atoms with Crippen LogP contribution in [0.1, 0.15) is 129 Å². The van der Waals surface area contributed by atoms with Crippen LogP contribution in [0.2, 0.25) is 0 Å². The summed E-state index contributed by atoms with van der Waals surface area (Å²) in [7, 11) is 0. The molecule has 208 valence electrons. The highest BCUT2D eigenvalue weighted by Gasteiger charge is 2.50. The van der Waals surface area contributed by atoms with Gasteiger partial charge in [-0.05, 0) is 97.7 Å². The molecule has 0 aromatic heterocycles. The van der Waals surface area contributed by atoms with Crippen molar-refractivity contribution in [3.8, 4) is 0 Å². The summed E-state index contributed by atoms with van der Waals surface area (Å²) in [6.45, 7) is 4.85. The highest BCUT2D eigenvalue weighted by atomic mass is 16.3. The second-order valence-electron chi connectivity index (χ2n) is 14.6. The Balaban J connectivity index is 1.42. The van der Waals surface area contributed by atoms with E-state index >= 15 is 0 Å². The first-order chi connectivity index (χ1) is 17.4. The van der Waals surface area contributed by atoms with Gasteiger partial charge in [0.2, 0.25) is 0 Å². The highest BCUT2D eigenvalue weighted by molar-refractivity contribution is 5.00. The zero-order chi connectivity index (χ0) is 25.2. The van der Waals surface area contributed by atoms with E-state index in [1.807, 2.05) is 0 Å². The molecule has 0 heterocycles. The quantitative estimate of drug-likeness (QED) is 0.368. The molecule has 0 radical (unpaired) electrons. The molecule has 36 heavy (non-hydrogen) atoms. The van der Waals surface area contributed by atoms with Gasteiger partial charge in [0.15, 0.2) is 0 Å². The number of aliphatic hydroxyl groups excluding tert-OH is 3. The van der Waals surface area contributed by atoms with Gasteiger partial charge >= 0.3 is 0 Å². The van der Waals surface area contributed by atoms with E-state index in [0.29, 0.717) is 59.2 Å². The molecule has 3 nitrogen and oxygen atoms in total. The van der Waals surface area contributed by atoms with E-state index in [0.717, 1.165) is 19.3 Å². The molecule has 5 rings (SSSR count). The molecule has 0 aromatic carbocycles. The summed E-state index contributed by atoms with van der Waals surface area (Å²) >= 11 is 0. The molecule has 5 fully saturated rings. The SMILES string of the molecule is CC1CC(O)C(C2CCCCC2)CC1C(C1CC(C2CCCCC2)C(O)CC1C)C1CCCCC1O. The first-order valence-electron chi connectivity index (χ1n) is 16.5. The summed E-state index contributed by atoms with van der Waals surface area (Å²) in [5.74, 6) is 5.63. The largest absolute Gasteiger partial charge is 0.393 e. The van der Waals surface area contributed by atoms with Crippen molar-refractivity contribution in [1.82, 2.24) is 0 Å². The highest BCUT2D eigenvalue weighted by Crippen LogP contribution is 2.55. The van der Waals surface area contributed by atoms with E-state index in [-0.39, 0.29) is 18.3 Å². The maximum Gasteiger partial charge on any atom is 0.0573 e. The Bertz CT molecular complexity index is 622. The molecule has 0 aromatic rings. The molecule has 0 saturated heterocycles. The minimum absolute atomic E-state index is 0.128. The molecule has 0 bridgehead atoms. The molecule has 3 N–H and O–H groups in total. The van der Waals surface area contributed by atoms with Gasteiger partial charge in [0, 0.05) is 0 Å². The summed E-state index contributed by atoms with van der Waals surface area (Å²) in [5, 5.41) is 34.0. The van der Waals surface area contributed by atoms with E-state index < -0.39 is 0 Å². The predicted octanol–water partition coefficient (Wildman–Crippen LogP) is 7.36. The van der Waals surface area contributed by atoms with Gasteiger partial charge in [-0.1, -0.05) is 90.9 Å². The van der Waals surface area contributed by atoms with Gasteiger partial charge in [-0.15, -0.1) is 0 Å². The Kier molecular flexibility index (Phi) is 9.43. The maximum atomic E-state index is 11.4. The normalized spacial score (nSPS) is 46.9. The van der Waals surface area contributed by atoms with Gasteiger partial charge < -0.3 is 15.3 Å². The lowest BCUT2D eigenvalue weighted by molar-refractivity contribution is -0.105. The van der Waals surface area contributed by atoms with Gasteiger partial charge in [-0.2, -0.15) is 0 Å². The topological polar surface area (TPSA) is 60.7 Å². The number of hydrogen-bond acceptors (Lipinski definition) is 3. The lowest BCUT2D eigenvalue weighted by Crippen LogP contribution is -2.50. The van der Waals surface area contributed by atoms with Crippen LogP contribution >= 0.6 is 0 Å². The fraction of sp³-hybridized carbons (Fsp3) is 1.00. The van der Waals surface area contributed by atoms with Crippen LogP contribution in [0.5, 0.6) is 0 Å². The van der Waals surface area contributed by atoms with Crippen LogP contribution in [0.3, 0.4) is 0 Å². The minimum atomic E-state index is -0.150. The number of rotatable bonds is 5. The number of hydrogen-bond donors (Lipinski definition) is 3. The van der Waals surface area contributed by atoms with E-state index in [1.165, 1.54) is 96.3 Å². The standard InChI is InChI=1S/C33H58O3/c1-21-17-31(35)28(23-11-5-3-6-12-23)19-26(21)33(25-15-9-10-16-30(25)34)27-20-29(32(36)18-22(27)2)24-13-7-4-8-14-24/h21-36H,3-20H2,1-2H3. The lowest BCUT2D eigenvalue weighted by atomic mass is 9.52. The summed E-state index contributed by atoms with van der Waals surface area (Å²) in [5.41, 5.74) is 0. The molecular weight excluding hydrogens is 444 g/mol. The smallest absolute Gasteiger partial charge is 0.0573 e. The van der Waals surface area contributed by atoms with Crippen LogP contribution < -0.4 is 0 Å². The molecule has 10 unspecified atom stereocenters. The Morgan fingerprint density at radius 1 is 0.444 bits per heavy atom. The van der Waals surface area contributed by atoms with Crippen LogP contribution in [-0.2, 0) is 0 Å². The van der Waals surface area contributed by atoms with E-state index in [2.05, 4.69) is 13.8 Å². The third-order valence-corrected chi connectivity index (χ3v) is 12.5. The van der Waals surface area contributed by atoms with Gasteiger partial charge in [-0.25, -0.2) is 0 Å². The van der Waals surface area contributed by atoms with Crippen molar-refractivity contribution in [2.75, 3.05) is 0 Å². The molecular formula is C33H58O3. The van der Waals surface area contributed by atoms with E-state index in [1.54, 1.807) is 0 Å². The van der Waals surface area contributed by atoms with Crippen LogP contribution in [-0.4, -0.2) is 33.6 Å². The summed E-state index contributed by atoms with van der Waals surface area (Å²) in [6.07, 6.45) is 21.9. The van der Waals surface area contributed by atoms with Crippen molar-refractivity contribution in [2.45, 2.75) is 148 Å². The Labute approximate surface area is 222 Å². The zero-order valence-electron chi connectivity index (χ0n) is 23.6. The molecule has 5 saturated carbocycles. The summed E-state index contributed by atoms with van der Waals surface area (Å²) in [6, 6.07) is 0. The van der Waals surface area contributed by atoms with E-state index in [9.17, 15) is 15.3 Å². The second-order valence-corrected chi connectivity index (χ2v) is 14.6. The molecule has 10 atom stereocenters. The van der Waals surface area contributed by atoms with Gasteiger partial charge in [0.25, 0.3) is 0 Å². The monoisotopic (exact) mass is 502 g/mol. The Morgan fingerprint density at radius 3 is 1.31 bits per heavy atom. The lowest BCUT2D eigenvalue weighted by Gasteiger charge is -2.54. The van der Waals surface area contributed by atoms with Gasteiger partial charge in [0.05, 0.1) is 18.3 Å². The summed E-state index contributed by atoms with van der Waals surface area (Å²) < 4.78 is 0. The predicted molar refractivity (Wildman–Crippen MR) is 147 cm³/mol. The van der Waals surface area contributed by atoms with Crippen molar-refractivity contribution >= 4 is 0 Å². The maximum absolute atomic E-state index is 11.4. The molecule has 0 amide bonds. The van der Waals surface area contributed by atoms with Gasteiger partial charge in [-0.3, -0.25) is 0 Å². The van der Waals surface area contributed by atoms with Crippen LogP contribution in [0, 0.1) is 59.2 Å². The van der Waals surface area contributed by atoms with Crippen LogP contribution in [0.4, 0.5) is 0 Å². The average Bonchev–Trinajstić information content (AvgIpc) is 2.88. The van der Waals surface area contributed by atoms with Crippen molar-refractivity contribution in [1.29, 1.82) is 0 Å². The Morgan fingerprint density at radius 2 is 0.861 bits per heavy atom. The zero-order valence-corrected chi connectivity index (χ0v) is 23.6. The number of aliphatic hydroxyl groups is 3. The molecule has 5 aliphatic rings. The minimum Gasteiger partial charge on any atom is -0.393 e. The van der Waals surface area contributed by atoms with E-state index in [4.69, 9.17) is 0 Å². The van der Waals surface area contributed by atoms with Crippen molar-refractivity contribution < 1.29 is 15.3 Å². The molecule has 0 aliphatic heterocycles. The second kappa shape index (κ2) is 12.4. The fourth-order valence-electron chi connectivity index (χ4n) is 10.6. The molecule has 0 spiro atoms. The van der Waals surface area contributed by atoms with Crippen molar-refractivity contribution in [2.24, 2.45) is 59.2 Å². The van der Waals surface area contributed by atoms with Crippen LogP contribution in [0.25, 0.3) is 0 Å². The third kappa shape index (κ3) is 5.89. The van der Waals surface area contributed by atoms with Crippen molar-refractivity contribution in [3.63, 3.8) is 0 Å². The van der Waals surface area contributed by atoms with Gasteiger partial charge in [0.1, 0.15) is 0 Å². The Hall–Kier alpha value is -0.120.